The van der Waals surface area contributed by atoms with Crippen LogP contribution in [-0.2, 0) is 20.2 Å². The predicted octanol–water partition coefficient (Wildman–Crippen LogP) is 3.29. The summed E-state index contributed by atoms with van der Waals surface area (Å²) in [5.41, 5.74) is 1.06. The van der Waals surface area contributed by atoms with Gasteiger partial charge in [0.25, 0.3) is 20.2 Å². The largest absolute Gasteiger partial charge is 0.411 e. The van der Waals surface area contributed by atoms with Crippen LogP contribution in [0.3, 0.4) is 0 Å². The first-order chi connectivity index (χ1) is 15.3. The lowest BCUT2D eigenvalue weighted by atomic mass is 10.2. The number of para-hydroxylation sites is 1. The van der Waals surface area contributed by atoms with E-state index in [0.717, 1.165) is 11.3 Å². The Bertz CT molecular complexity index is 1070. The van der Waals surface area contributed by atoms with Crippen LogP contribution in [-0.4, -0.2) is 52.0 Å². The Morgan fingerprint density at radius 2 is 0.970 bits per heavy atom. The molecule has 0 aliphatic rings. The molecule has 11 heteroatoms. The van der Waals surface area contributed by atoms with Gasteiger partial charge >= 0.3 is 0 Å². The quantitative estimate of drug-likeness (QED) is 0.365. The lowest BCUT2D eigenvalue weighted by Crippen LogP contribution is -2.02. The van der Waals surface area contributed by atoms with E-state index in [-0.39, 0.29) is 9.79 Å². The summed E-state index contributed by atoms with van der Waals surface area (Å²) in [6.07, 6.45) is 0. The van der Waals surface area contributed by atoms with E-state index >= 15 is 0 Å². The fourth-order valence-electron chi connectivity index (χ4n) is 1.87. The van der Waals surface area contributed by atoms with Crippen molar-refractivity contribution in [2.75, 3.05) is 21.1 Å². The third-order valence-electron chi connectivity index (χ3n) is 3.30. The van der Waals surface area contributed by atoms with E-state index in [1.54, 1.807) is 36.4 Å². The minimum atomic E-state index is -4.00. The molecular weight excluding hydrogens is 468 g/mol. The average molecular weight is 499 g/mol. The molecular formula is C22H30N2O7S2. The standard InChI is InChI=1S/C7H9NO.2C6H6O3S.C3H9N/c1-6-4-2-3-5-7(6)9-8;2*7-10(8,9)6-4-2-1-3-5-6;1-4(2)3/h2-5H,8H2,1H3;2*1-5H,(H,7,8,9);1-3H3. The summed E-state index contributed by atoms with van der Waals surface area (Å²) < 4.78 is 58.5. The van der Waals surface area contributed by atoms with Crippen LogP contribution in [0.2, 0.25) is 0 Å². The van der Waals surface area contributed by atoms with E-state index in [4.69, 9.17) is 15.0 Å². The van der Waals surface area contributed by atoms with E-state index in [0.29, 0.717) is 0 Å². The van der Waals surface area contributed by atoms with Crippen LogP contribution in [0.25, 0.3) is 0 Å². The zero-order chi connectivity index (χ0) is 25.5. The summed E-state index contributed by atoms with van der Waals surface area (Å²) in [4.78, 5) is 6.40. The third-order valence-corrected chi connectivity index (χ3v) is 5.04. The zero-order valence-corrected chi connectivity index (χ0v) is 20.5. The van der Waals surface area contributed by atoms with Crippen molar-refractivity contribution in [3.63, 3.8) is 0 Å². The number of benzene rings is 3. The molecule has 0 aliphatic heterocycles. The number of aryl methyl sites for hydroxylation is 1. The Labute approximate surface area is 195 Å². The third kappa shape index (κ3) is 14.8. The fraction of sp³-hybridized carbons (Fsp3) is 0.182. The monoisotopic (exact) mass is 498 g/mol. The average Bonchev–Trinajstić information content (AvgIpc) is 2.75. The maximum absolute atomic E-state index is 10.4. The van der Waals surface area contributed by atoms with Gasteiger partial charge in [-0.25, -0.2) is 0 Å². The first kappa shape index (κ1) is 30.2. The Hall–Kier alpha value is -2.80. The van der Waals surface area contributed by atoms with Crippen molar-refractivity contribution in [3.8, 4) is 5.75 Å². The first-order valence-electron chi connectivity index (χ1n) is 9.37. The number of hydrogen-bond acceptors (Lipinski definition) is 7. The van der Waals surface area contributed by atoms with Gasteiger partial charge in [-0.2, -0.15) is 22.7 Å². The molecule has 0 amide bonds. The van der Waals surface area contributed by atoms with Gasteiger partial charge in [-0.3, -0.25) is 9.11 Å². The Morgan fingerprint density at radius 1 is 0.667 bits per heavy atom. The molecule has 0 radical (unpaired) electrons. The van der Waals surface area contributed by atoms with Gasteiger partial charge in [0.2, 0.25) is 0 Å². The van der Waals surface area contributed by atoms with Crippen LogP contribution < -0.4 is 10.7 Å². The second-order valence-electron chi connectivity index (χ2n) is 6.80. The molecule has 0 aromatic heterocycles. The van der Waals surface area contributed by atoms with Gasteiger partial charge in [0, 0.05) is 0 Å². The Morgan fingerprint density at radius 3 is 1.18 bits per heavy atom. The summed E-state index contributed by atoms with van der Waals surface area (Å²) in [6, 6.07) is 22.4. The maximum atomic E-state index is 10.4. The lowest BCUT2D eigenvalue weighted by molar-refractivity contribution is 0.332. The molecule has 0 unspecified atom stereocenters. The van der Waals surface area contributed by atoms with E-state index in [2.05, 4.69) is 4.84 Å². The van der Waals surface area contributed by atoms with E-state index < -0.39 is 20.2 Å². The van der Waals surface area contributed by atoms with Crippen molar-refractivity contribution in [1.82, 2.24) is 4.90 Å². The molecule has 0 aliphatic carbocycles. The van der Waals surface area contributed by atoms with Crippen molar-refractivity contribution < 1.29 is 30.8 Å². The van der Waals surface area contributed by atoms with E-state index in [9.17, 15) is 16.8 Å². The van der Waals surface area contributed by atoms with E-state index in [1.807, 2.05) is 57.2 Å². The molecule has 0 atom stereocenters. The molecule has 9 nitrogen and oxygen atoms in total. The molecule has 0 saturated carbocycles. The summed E-state index contributed by atoms with van der Waals surface area (Å²) in [5.74, 6) is 5.68. The predicted molar refractivity (Wildman–Crippen MR) is 128 cm³/mol. The molecule has 3 aromatic carbocycles. The fourth-order valence-corrected chi connectivity index (χ4v) is 2.88. The molecule has 0 saturated heterocycles. The summed E-state index contributed by atoms with van der Waals surface area (Å²) in [7, 11) is -2.01. The molecule has 0 spiro atoms. The summed E-state index contributed by atoms with van der Waals surface area (Å²) in [6.45, 7) is 1.95. The van der Waals surface area contributed by atoms with Gasteiger partial charge in [-0.15, -0.1) is 0 Å². The molecule has 4 N–H and O–H groups in total. The van der Waals surface area contributed by atoms with Crippen LogP contribution in [0.5, 0.6) is 5.75 Å². The van der Waals surface area contributed by atoms with Gasteiger partial charge < -0.3 is 9.74 Å². The summed E-state index contributed by atoms with van der Waals surface area (Å²) in [5, 5.41) is 0. The highest BCUT2D eigenvalue weighted by Gasteiger charge is 2.06. The van der Waals surface area contributed by atoms with Crippen LogP contribution in [0.1, 0.15) is 5.56 Å². The van der Waals surface area contributed by atoms with E-state index in [1.165, 1.54) is 24.3 Å². The zero-order valence-electron chi connectivity index (χ0n) is 18.9. The van der Waals surface area contributed by atoms with Gasteiger partial charge in [0.05, 0.1) is 9.79 Å². The molecule has 3 rings (SSSR count). The number of rotatable bonds is 3. The molecule has 182 valence electrons. The van der Waals surface area contributed by atoms with Gasteiger partial charge in [0.1, 0.15) is 5.75 Å². The molecule has 0 fully saturated rings. The summed E-state index contributed by atoms with van der Waals surface area (Å²) >= 11 is 0. The van der Waals surface area contributed by atoms with Gasteiger partial charge in [0.15, 0.2) is 0 Å². The highest BCUT2D eigenvalue weighted by atomic mass is 32.2. The van der Waals surface area contributed by atoms with Crippen LogP contribution >= 0.6 is 0 Å². The molecule has 33 heavy (non-hydrogen) atoms. The van der Waals surface area contributed by atoms with Crippen LogP contribution in [0.4, 0.5) is 0 Å². The Kier molecular flexibility index (Phi) is 13.8. The van der Waals surface area contributed by atoms with Crippen LogP contribution in [0, 0.1) is 6.92 Å². The van der Waals surface area contributed by atoms with Crippen LogP contribution in [0.15, 0.2) is 94.7 Å². The second kappa shape index (κ2) is 15.1. The second-order valence-corrected chi connectivity index (χ2v) is 9.64. The first-order valence-corrected chi connectivity index (χ1v) is 12.3. The van der Waals surface area contributed by atoms with Gasteiger partial charge in [-0.1, -0.05) is 54.6 Å². The van der Waals surface area contributed by atoms with Crippen molar-refractivity contribution in [2.24, 2.45) is 5.90 Å². The minimum Gasteiger partial charge on any atom is -0.411 e. The van der Waals surface area contributed by atoms with Crippen molar-refractivity contribution in [2.45, 2.75) is 16.7 Å². The number of nitrogens with two attached hydrogens (primary N) is 1. The molecule has 0 bridgehead atoms. The topological polar surface area (TPSA) is 147 Å². The van der Waals surface area contributed by atoms with Crippen molar-refractivity contribution in [3.05, 3.63) is 90.5 Å². The molecule has 0 heterocycles. The highest BCUT2D eigenvalue weighted by molar-refractivity contribution is 7.86. The molecule has 3 aromatic rings. The number of hydrogen-bond donors (Lipinski definition) is 3. The highest BCUT2D eigenvalue weighted by Crippen LogP contribution is 2.13. The number of nitrogens with zero attached hydrogens (tertiary/aromatic N) is 1. The SMILES string of the molecule is CN(C)C.Cc1ccccc1ON.O=S(=O)(O)c1ccccc1.O=S(=O)(O)c1ccccc1. The van der Waals surface area contributed by atoms with Gasteiger partial charge in [-0.05, 0) is 64.0 Å². The smallest absolute Gasteiger partial charge is 0.294 e. The normalized spacial score (nSPS) is 10.4. The Balaban J connectivity index is 0.000000431. The lowest BCUT2D eigenvalue weighted by Gasteiger charge is -1.99. The maximum Gasteiger partial charge on any atom is 0.294 e. The minimum absolute atomic E-state index is 0.0741. The van der Waals surface area contributed by atoms with Crippen molar-refractivity contribution in [1.29, 1.82) is 0 Å². The van der Waals surface area contributed by atoms with Crippen molar-refractivity contribution >= 4 is 20.2 Å².